The number of carbonyl (C=O) groups excluding carboxylic acids is 1. The van der Waals surface area contributed by atoms with E-state index in [0.717, 1.165) is 10.0 Å². The standard InChI is InChI=1S/C21H12BrCl2N3O2S/c22-12-3-1-2-11(8-12)20-26-17-10-14(5-7-18(17)29-20)25-21(30)27-19(28)15-6-4-13(23)9-16(15)24/h1-10H,(H2,25,27,28,30). The van der Waals surface area contributed by atoms with E-state index in [9.17, 15) is 4.79 Å². The van der Waals surface area contributed by atoms with Crippen LogP contribution in [0.4, 0.5) is 5.69 Å². The van der Waals surface area contributed by atoms with Gasteiger partial charge in [0.2, 0.25) is 5.89 Å². The highest BCUT2D eigenvalue weighted by Crippen LogP contribution is 2.28. The monoisotopic (exact) mass is 519 g/mol. The van der Waals surface area contributed by atoms with Gasteiger partial charge in [-0.25, -0.2) is 4.98 Å². The van der Waals surface area contributed by atoms with Gasteiger partial charge in [-0.2, -0.15) is 0 Å². The van der Waals surface area contributed by atoms with Crippen LogP contribution >= 0.6 is 51.3 Å². The predicted molar refractivity (Wildman–Crippen MR) is 127 cm³/mol. The van der Waals surface area contributed by atoms with Crippen LogP contribution in [0.3, 0.4) is 0 Å². The summed E-state index contributed by atoms with van der Waals surface area (Å²) in [6.07, 6.45) is 0. The lowest BCUT2D eigenvalue weighted by molar-refractivity contribution is 0.0978. The second kappa shape index (κ2) is 8.73. The number of aromatic nitrogens is 1. The summed E-state index contributed by atoms with van der Waals surface area (Å²) in [6.45, 7) is 0. The highest BCUT2D eigenvalue weighted by Gasteiger charge is 2.13. The fourth-order valence-corrected chi connectivity index (χ4v) is 3.86. The molecule has 3 aromatic carbocycles. The van der Waals surface area contributed by atoms with Crippen LogP contribution in [0.15, 0.2) is 69.6 Å². The number of oxazole rings is 1. The third-order valence-corrected chi connectivity index (χ3v) is 5.37. The summed E-state index contributed by atoms with van der Waals surface area (Å²) in [7, 11) is 0. The number of hydrogen-bond acceptors (Lipinski definition) is 4. The Hall–Kier alpha value is -2.45. The van der Waals surface area contributed by atoms with E-state index in [1.807, 2.05) is 24.3 Å². The zero-order valence-corrected chi connectivity index (χ0v) is 19.0. The molecule has 0 saturated carbocycles. The fourth-order valence-electron chi connectivity index (χ4n) is 2.76. The van der Waals surface area contributed by atoms with E-state index in [-0.39, 0.29) is 15.7 Å². The minimum absolute atomic E-state index is 0.126. The molecular weight excluding hydrogens is 509 g/mol. The van der Waals surface area contributed by atoms with Crippen molar-refractivity contribution in [1.82, 2.24) is 10.3 Å². The molecule has 0 bridgehead atoms. The second-order valence-electron chi connectivity index (χ2n) is 6.24. The molecule has 0 radical (unpaired) electrons. The molecule has 0 aliphatic heterocycles. The topological polar surface area (TPSA) is 67.2 Å². The Kier molecular flexibility index (Phi) is 6.06. The maximum Gasteiger partial charge on any atom is 0.258 e. The van der Waals surface area contributed by atoms with E-state index in [1.54, 1.807) is 24.3 Å². The van der Waals surface area contributed by atoms with E-state index in [2.05, 4.69) is 31.5 Å². The number of thiocarbonyl (C=S) groups is 1. The number of benzene rings is 3. The minimum atomic E-state index is -0.436. The zero-order valence-electron chi connectivity index (χ0n) is 15.1. The molecule has 0 unspecified atom stereocenters. The number of anilines is 1. The van der Waals surface area contributed by atoms with Crippen molar-refractivity contribution in [3.63, 3.8) is 0 Å². The van der Waals surface area contributed by atoms with Gasteiger partial charge in [-0.05, 0) is 66.8 Å². The summed E-state index contributed by atoms with van der Waals surface area (Å²) in [5, 5.41) is 6.37. The van der Waals surface area contributed by atoms with E-state index in [4.69, 9.17) is 39.8 Å². The quantitative estimate of drug-likeness (QED) is 0.294. The Balaban J connectivity index is 1.49. The van der Waals surface area contributed by atoms with Crippen molar-refractivity contribution in [2.45, 2.75) is 0 Å². The van der Waals surface area contributed by atoms with Crippen molar-refractivity contribution in [3.8, 4) is 11.5 Å². The Labute approximate surface area is 195 Å². The van der Waals surface area contributed by atoms with Crippen LogP contribution < -0.4 is 10.6 Å². The van der Waals surface area contributed by atoms with Crippen LogP contribution in [0.2, 0.25) is 10.0 Å². The number of amides is 1. The molecule has 1 heterocycles. The second-order valence-corrected chi connectivity index (χ2v) is 8.41. The van der Waals surface area contributed by atoms with Crippen molar-refractivity contribution >= 4 is 79.2 Å². The summed E-state index contributed by atoms with van der Waals surface area (Å²) in [6, 6.07) is 17.7. The molecule has 1 aromatic heterocycles. The fraction of sp³-hybridized carbons (Fsp3) is 0. The van der Waals surface area contributed by atoms with Crippen LogP contribution in [0.1, 0.15) is 10.4 Å². The summed E-state index contributed by atoms with van der Waals surface area (Å²) in [4.78, 5) is 16.9. The number of hydrogen-bond donors (Lipinski definition) is 2. The first-order valence-corrected chi connectivity index (χ1v) is 10.6. The molecule has 0 aliphatic rings. The van der Waals surface area contributed by atoms with Gasteiger partial charge < -0.3 is 9.73 Å². The third-order valence-electron chi connectivity index (χ3n) is 4.12. The van der Waals surface area contributed by atoms with Gasteiger partial charge in [0.15, 0.2) is 10.7 Å². The summed E-state index contributed by atoms with van der Waals surface area (Å²) in [5.41, 5.74) is 3.08. The molecule has 30 heavy (non-hydrogen) atoms. The third kappa shape index (κ3) is 4.65. The molecule has 4 aromatic rings. The average molecular weight is 521 g/mol. The Morgan fingerprint density at radius 3 is 2.67 bits per heavy atom. The maximum absolute atomic E-state index is 12.4. The smallest absolute Gasteiger partial charge is 0.258 e. The molecule has 1 amide bonds. The van der Waals surface area contributed by atoms with Crippen LogP contribution in [-0.2, 0) is 0 Å². The molecule has 2 N–H and O–H groups in total. The lowest BCUT2D eigenvalue weighted by atomic mass is 10.2. The molecule has 0 spiro atoms. The number of nitrogens with one attached hydrogen (secondary N) is 2. The Bertz CT molecular complexity index is 1290. The van der Waals surface area contributed by atoms with Gasteiger partial charge in [0.1, 0.15) is 5.52 Å². The Morgan fingerprint density at radius 2 is 1.90 bits per heavy atom. The van der Waals surface area contributed by atoms with Gasteiger partial charge in [0.05, 0.1) is 10.6 Å². The first-order valence-electron chi connectivity index (χ1n) is 8.63. The van der Waals surface area contributed by atoms with Crippen LogP contribution in [0, 0.1) is 0 Å². The van der Waals surface area contributed by atoms with Crippen molar-refractivity contribution in [3.05, 3.63) is 80.7 Å². The molecule has 0 atom stereocenters. The van der Waals surface area contributed by atoms with Crippen molar-refractivity contribution in [2.24, 2.45) is 0 Å². The number of halogens is 3. The number of rotatable bonds is 3. The maximum atomic E-state index is 12.4. The van der Waals surface area contributed by atoms with Crippen molar-refractivity contribution < 1.29 is 9.21 Å². The first kappa shape index (κ1) is 20.8. The van der Waals surface area contributed by atoms with Gasteiger partial charge in [-0.15, -0.1) is 0 Å². The molecule has 9 heteroatoms. The van der Waals surface area contributed by atoms with Crippen LogP contribution in [0.25, 0.3) is 22.6 Å². The van der Waals surface area contributed by atoms with Crippen molar-refractivity contribution in [2.75, 3.05) is 5.32 Å². The molecule has 0 aliphatic carbocycles. The van der Waals surface area contributed by atoms with Crippen LogP contribution in [-0.4, -0.2) is 16.0 Å². The van der Waals surface area contributed by atoms with Gasteiger partial charge in [-0.3, -0.25) is 10.1 Å². The van der Waals surface area contributed by atoms with Crippen molar-refractivity contribution in [1.29, 1.82) is 0 Å². The number of carbonyl (C=O) groups is 1. The number of fused-ring (bicyclic) bond motifs is 1. The van der Waals surface area contributed by atoms with E-state index in [0.29, 0.717) is 27.7 Å². The lowest BCUT2D eigenvalue weighted by Gasteiger charge is -2.10. The summed E-state index contributed by atoms with van der Waals surface area (Å²) < 4.78 is 6.76. The largest absolute Gasteiger partial charge is 0.436 e. The number of nitrogens with zero attached hydrogens (tertiary/aromatic N) is 1. The van der Waals surface area contributed by atoms with E-state index < -0.39 is 5.91 Å². The summed E-state index contributed by atoms with van der Waals surface area (Å²) in [5.74, 6) is 0.0744. The average Bonchev–Trinajstić information content (AvgIpc) is 3.11. The van der Waals surface area contributed by atoms with Gasteiger partial charge in [0.25, 0.3) is 5.91 Å². The molecule has 150 valence electrons. The minimum Gasteiger partial charge on any atom is -0.436 e. The predicted octanol–water partition coefficient (Wildman–Crippen LogP) is 6.69. The van der Waals surface area contributed by atoms with Crippen LogP contribution in [0.5, 0.6) is 0 Å². The molecule has 0 fully saturated rings. The van der Waals surface area contributed by atoms with Gasteiger partial charge >= 0.3 is 0 Å². The van der Waals surface area contributed by atoms with Gasteiger partial charge in [-0.1, -0.05) is 45.2 Å². The highest BCUT2D eigenvalue weighted by atomic mass is 79.9. The molecular formula is C21H12BrCl2N3O2S. The first-order chi connectivity index (χ1) is 14.4. The molecule has 0 saturated heterocycles. The Morgan fingerprint density at radius 1 is 1.07 bits per heavy atom. The lowest BCUT2D eigenvalue weighted by Crippen LogP contribution is -2.34. The van der Waals surface area contributed by atoms with Gasteiger partial charge in [0, 0.05) is 20.7 Å². The zero-order chi connectivity index (χ0) is 21.3. The molecule has 4 rings (SSSR count). The molecule has 5 nitrogen and oxygen atoms in total. The summed E-state index contributed by atoms with van der Waals surface area (Å²) >= 11 is 20.6. The SMILES string of the molecule is O=C(NC(=S)Nc1ccc2oc(-c3cccc(Br)c3)nc2c1)c1ccc(Cl)cc1Cl. The highest BCUT2D eigenvalue weighted by molar-refractivity contribution is 9.10. The van der Waals surface area contributed by atoms with E-state index >= 15 is 0 Å². The normalized spacial score (nSPS) is 10.8. The van der Waals surface area contributed by atoms with E-state index in [1.165, 1.54) is 12.1 Å².